The first-order chi connectivity index (χ1) is 14.3. The van der Waals surface area contributed by atoms with E-state index in [0.717, 1.165) is 53.6 Å². The van der Waals surface area contributed by atoms with E-state index < -0.39 is 10.0 Å². The molecule has 0 saturated carbocycles. The van der Waals surface area contributed by atoms with Crippen molar-refractivity contribution in [2.75, 3.05) is 44.2 Å². The lowest BCUT2D eigenvalue weighted by atomic mass is 10.2. The van der Waals surface area contributed by atoms with Gasteiger partial charge in [0.05, 0.1) is 10.3 Å². The number of thiophene rings is 1. The summed E-state index contributed by atoms with van der Waals surface area (Å²) < 4.78 is 27.6. The van der Waals surface area contributed by atoms with Crippen LogP contribution in [-0.2, 0) is 10.0 Å². The van der Waals surface area contributed by atoms with Gasteiger partial charge in [-0.1, -0.05) is 17.7 Å². The molecule has 4 rings (SSSR count). The van der Waals surface area contributed by atoms with E-state index >= 15 is 0 Å². The highest BCUT2D eigenvalue weighted by molar-refractivity contribution is 7.89. The molecule has 1 aliphatic heterocycles. The van der Waals surface area contributed by atoms with Gasteiger partial charge in [0.1, 0.15) is 16.5 Å². The molecule has 160 valence electrons. The zero-order chi connectivity index (χ0) is 21.3. The van der Waals surface area contributed by atoms with Gasteiger partial charge in [-0.3, -0.25) is 4.90 Å². The number of piperazine rings is 1. The third-order valence-corrected chi connectivity index (χ3v) is 7.90. The van der Waals surface area contributed by atoms with Crippen LogP contribution in [0.5, 0.6) is 0 Å². The second-order valence-corrected chi connectivity index (χ2v) is 10.4. The summed E-state index contributed by atoms with van der Waals surface area (Å²) in [6.45, 7) is 10.6. The summed E-state index contributed by atoms with van der Waals surface area (Å²) in [4.78, 5) is 15.3. The largest absolute Gasteiger partial charge is 0.353 e. The normalized spacial score (nSPS) is 15.8. The molecule has 1 fully saturated rings. The molecule has 1 saturated heterocycles. The average Bonchev–Trinajstić information content (AvgIpc) is 3.09. The summed E-state index contributed by atoms with van der Waals surface area (Å²) in [6.07, 6.45) is 0. The van der Waals surface area contributed by atoms with Crippen molar-refractivity contribution in [1.29, 1.82) is 0 Å². The maximum Gasteiger partial charge on any atom is 0.240 e. The van der Waals surface area contributed by atoms with E-state index in [1.165, 1.54) is 5.56 Å². The van der Waals surface area contributed by atoms with Crippen molar-refractivity contribution in [3.05, 3.63) is 46.6 Å². The molecule has 1 aromatic carbocycles. The SMILES string of the molecule is Cc1ccc(S(=O)(=O)NCCN2CCN(c3nc(C)nc4scc(C)c34)CC2)cc1. The molecule has 1 N–H and O–H groups in total. The Hall–Kier alpha value is -2.07. The van der Waals surface area contributed by atoms with E-state index in [2.05, 4.69) is 31.8 Å². The van der Waals surface area contributed by atoms with E-state index in [-0.39, 0.29) is 0 Å². The highest BCUT2D eigenvalue weighted by Gasteiger charge is 2.22. The molecule has 0 unspecified atom stereocenters. The van der Waals surface area contributed by atoms with Gasteiger partial charge in [0.25, 0.3) is 0 Å². The molecule has 1 aliphatic rings. The van der Waals surface area contributed by atoms with Gasteiger partial charge in [0.2, 0.25) is 10.0 Å². The van der Waals surface area contributed by atoms with Crippen molar-refractivity contribution in [1.82, 2.24) is 19.6 Å². The van der Waals surface area contributed by atoms with Gasteiger partial charge >= 0.3 is 0 Å². The summed E-state index contributed by atoms with van der Waals surface area (Å²) in [7, 11) is -3.46. The van der Waals surface area contributed by atoms with Gasteiger partial charge in [-0.25, -0.2) is 23.1 Å². The minimum Gasteiger partial charge on any atom is -0.353 e. The number of aryl methyl sites for hydroxylation is 3. The molecule has 0 atom stereocenters. The molecule has 0 bridgehead atoms. The van der Waals surface area contributed by atoms with Crippen LogP contribution in [0, 0.1) is 20.8 Å². The van der Waals surface area contributed by atoms with E-state index in [1.807, 2.05) is 26.0 Å². The summed E-state index contributed by atoms with van der Waals surface area (Å²) in [5.41, 5.74) is 2.26. The first-order valence-corrected chi connectivity index (χ1v) is 12.5. The third kappa shape index (κ3) is 4.49. The lowest BCUT2D eigenvalue weighted by Crippen LogP contribution is -2.48. The molecule has 30 heavy (non-hydrogen) atoms. The zero-order valence-corrected chi connectivity index (χ0v) is 19.2. The number of sulfonamides is 1. The number of nitrogens with one attached hydrogen (secondary N) is 1. The molecule has 0 aliphatic carbocycles. The summed E-state index contributed by atoms with van der Waals surface area (Å²) >= 11 is 1.67. The van der Waals surface area contributed by atoms with Crippen LogP contribution < -0.4 is 9.62 Å². The molecular formula is C21H27N5O2S2. The van der Waals surface area contributed by atoms with E-state index in [1.54, 1.807) is 23.5 Å². The number of rotatable bonds is 6. The van der Waals surface area contributed by atoms with Crippen LogP contribution in [0.25, 0.3) is 10.2 Å². The molecule has 2 aromatic heterocycles. The van der Waals surface area contributed by atoms with Crippen LogP contribution in [0.3, 0.4) is 0 Å². The Bertz CT molecular complexity index is 1130. The predicted octanol–water partition coefficient (Wildman–Crippen LogP) is 2.72. The van der Waals surface area contributed by atoms with Gasteiger partial charge in [-0.15, -0.1) is 11.3 Å². The smallest absolute Gasteiger partial charge is 0.240 e. The summed E-state index contributed by atoms with van der Waals surface area (Å²) in [5.74, 6) is 1.82. The quantitative estimate of drug-likeness (QED) is 0.629. The Kier molecular flexibility index (Phi) is 6.06. The van der Waals surface area contributed by atoms with E-state index in [9.17, 15) is 8.42 Å². The Morgan fingerprint density at radius 2 is 1.73 bits per heavy atom. The van der Waals surface area contributed by atoms with Crippen molar-refractivity contribution < 1.29 is 8.42 Å². The van der Waals surface area contributed by atoms with Crippen LogP contribution in [0.2, 0.25) is 0 Å². The standard InChI is InChI=1S/C21H27N5O2S2/c1-15-4-6-18(7-5-15)30(27,28)22-8-9-25-10-12-26(13-11-25)20-19-16(2)14-29-21(19)24-17(3)23-20/h4-7,14,22H,8-13H2,1-3H3. The molecule has 3 heterocycles. The Morgan fingerprint density at radius 3 is 2.43 bits per heavy atom. The highest BCUT2D eigenvalue weighted by Crippen LogP contribution is 2.32. The summed E-state index contributed by atoms with van der Waals surface area (Å²) in [5, 5.41) is 3.29. The second kappa shape index (κ2) is 8.58. The van der Waals surface area contributed by atoms with Gasteiger partial charge < -0.3 is 4.90 Å². The fourth-order valence-corrected chi connectivity index (χ4v) is 5.70. The Balaban J connectivity index is 1.33. The number of aromatic nitrogens is 2. The number of hydrogen-bond acceptors (Lipinski definition) is 7. The minimum atomic E-state index is -3.46. The van der Waals surface area contributed by atoms with Crippen molar-refractivity contribution >= 4 is 37.4 Å². The third-order valence-electron chi connectivity index (χ3n) is 5.43. The number of benzene rings is 1. The lowest BCUT2D eigenvalue weighted by Gasteiger charge is -2.35. The number of anilines is 1. The fraction of sp³-hybridized carbons (Fsp3) is 0.429. The zero-order valence-electron chi connectivity index (χ0n) is 17.6. The molecule has 0 amide bonds. The average molecular weight is 446 g/mol. The van der Waals surface area contributed by atoms with Crippen LogP contribution in [0.4, 0.5) is 5.82 Å². The van der Waals surface area contributed by atoms with Gasteiger partial charge in [-0.2, -0.15) is 0 Å². The molecule has 7 nitrogen and oxygen atoms in total. The Morgan fingerprint density at radius 1 is 1.03 bits per heavy atom. The predicted molar refractivity (Wildman–Crippen MR) is 122 cm³/mol. The van der Waals surface area contributed by atoms with Crippen LogP contribution >= 0.6 is 11.3 Å². The lowest BCUT2D eigenvalue weighted by molar-refractivity contribution is 0.262. The number of fused-ring (bicyclic) bond motifs is 1. The van der Waals surface area contributed by atoms with Gasteiger partial charge in [0, 0.05) is 39.3 Å². The van der Waals surface area contributed by atoms with E-state index in [4.69, 9.17) is 4.98 Å². The van der Waals surface area contributed by atoms with Gasteiger partial charge in [0.15, 0.2) is 0 Å². The number of hydrogen-bond donors (Lipinski definition) is 1. The fourth-order valence-electron chi connectivity index (χ4n) is 3.72. The molecule has 9 heteroatoms. The molecule has 3 aromatic rings. The van der Waals surface area contributed by atoms with Crippen LogP contribution in [-0.4, -0.2) is 62.6 Å². The van der Waals surface area contributed by atoms with Crippen molar-refractivity contribution in [3.8, 4) is 0 Å². The maximum absolute atomic E-state index is 12.4. The van der Waals surface area contributed by atoms with Gasteiger partial charge in [-0.05, 0) is 43.8 Å². The first-order valence-electron chi connectivity index (χ1n) is 10.1. The molecule has 0 radical (unpaired) electrons. The summed E-state index contributed by atoms with van der Waals surface area (Å²) in [6, 6.07) is 6.92. The van der Waals surface area contributed by atoms with Crippen molar-refractivity contribution in [3.63, 3.8) is 0 Å². The van der Waals surface area contributed by atoms with Crippen molar-refractivity contribution in [2.45, 2.75) is 25.7 Å². The van der Waals surface area contributed by atoms with Crippen LogP contribution in [0.1, 0.15) is 17.0 Å². The maximum atomic E-state index is 12.4. The van der Waals surface area contributed by atoms with Crippen molar-refractivity contribution in [2.24, 2.45) is 0 Å². The number of nitrogens with zero attached hydrogens (tertiary/aromatic N) is 4. The van der Waals surface area contributed by atoms with E-state index in [0.29, 0.717) is 18.0 Å². The Labute approximate surface area is 181 Å². The molecule has 0 spiro atoms. The monoisotopic (exact) mass is 445 g/mol. The van der Waals surface area contributed by atoms with Crippen LogP contribution in [0.15, 0.2) is 34.5 Å². The highest BCUT2D eigenvalue weighted by atomic mass is 32.2. The molecular weight excluding hydrogens is 418 g/mol. The second-order valence-electron chi connectivity index (χ2n) is 7.73. The minimum absolute atomic E-state index is 0.312. The topological polar surface area (TPSA) is 78.4 Å². The first kappa shape index (κ1) is 21.2.